The number of nitrogens with zero attached hydrogens (tertiary/aromatic N) is 2. The first-order valence-corrected chi connectivity index (χ1v) is 6.37. The van der Waals surface area contributed by atoms with Gasteiger partial charge in [-0.25, -0.2) is 4.98 Å². The molecule has 0 aliphatic rings. The SMILES string of the molecule is FC(F)(F)c1cc(-c2cccc3cnccc23)nc(=S)[nH]1. The van der Waals surface area contributed by atoms with Gasteiger partial charge in [0.25, 0.3) is 0 Å². The first-order chi connectivity index (χ1) is 9.95. The zero-order chi connectivity index (χ0) is 15.0. The Morgan fingerprint density at radius 2 is 1.95 bits per heavy atom. The van der Waals surface area contributed by atoms with E-state index in [1.807, 2.05) is 6.07 Å². The Morgan fingerprint density at radius 3 is 2.71 bits per heavy atom. The molecule has 106 valence electrons. The number of rotatable bonds is 1. The number of nitrogens with one attached hydrogen (secondary N) is 1. The molecular weight excluding hydrogens is 299 g/mol. The number of halogens is 3. The van der Waals surface area contributed by atoms with Crippen molar-refractivity contribution in [2.24, 2.45) is 0 Å². The van der Waals surface area contributed by atoms with Gasteiger partial charge in [-0.05, 0) is 29.7 Å². The summed E-state index contributed by atoms with van der Waals surface area (Å²) in [5, 5.41) is 1.60. The van der Waals surface area contributed by atoms with Crippen molar-refractivity contribution in [3.8, 4) is 11.3 Å². The maximum absolute atomic E-state index is 12.9. The second kappa shape index (κ2) is 4.92. The van der Waals surface area contributed by atoms with Crippen molar-refractivity contribution in [2.75, 3.05) is 0 Å². The third-order valence-electron chi connectivity index (χ3n) is 3.01. The monoisotopic (exact) mass is 307 g/mol. The highest BCUT2D eigenvalue weighted by Crippen LogP contribution is 2.32. The van der Waals surface area contributed by atoms with Gasteiger partial charge in [0, 0.05) is 23.3 Å². The summed E-state index contributed by atoms with van der Waals surface area (Å²) in [6.45, 7) is 0. The van der Waals surface area contributed by atoms with Crippen LogP contribution in [-0.4, -0.2) is 15.0 Å². The van der Waals surface area contributed by atoms with Crippen molar-refractivity contribution in [3.05, 3.63) is 53.2 Å². The molecule has 3 aromatic rings. The number of pyridine rings is 1. The predicted molar refractivity (Wildman–Crippen MR) is 75.2 cm³/mol. The molecule has 1 aromatic carbocycles. The summed E-state index contributed by atoms with van der Waals surface area (Å²) in [6.07, 6.45) is -1.27. The molecule has 0 aliphatic carbocycles. The average Bonchev–Trinajstić information content (AvgIpc) is 2.45. The normalized spacial score (nSPS) is 11.8. The smallest absolute Gasteiger partial charge is 0.327 e. The summed E-state index contributed by atoms with van der Waals surface area (Å²) in [5.74, 6) is 0. The van der Waals surface area contributed by atoms with Crippen LogP contribution >= 0.6 is 12.2 Å². The van der Waals surface area contributed by atoms with Crippen molar-refractivity contribution < 1.29 is 13.2 Å². The lowest BCUT2D eigenvalue weighted by Crippen LogP contribution is -2.09. The van der Waals surface area contributed by atoms with E-state index in [4.69, 9.17) is 12.2 Å². The maximum atomic E-state index is 12.9. The highest BCUT2D eigenvalue weighted by atomic mass is 32.1. The van der Waals surface area contributed by atoms with Gasteiger partial charge in [-0.2, -0.15) is 13.2 Å². The molecule has 0 bridgehead atoms. The van der Waals surface area contributed by atoms with E-state index in [0.717, 1.165) is 16.8 Å². The summed E-state index contributed by atoms with van der Waals surface area (Å²) in [7, 11) is 0. The molecule has 2 heterocycles. The fourth-order valence-electron chi connectivity index (χ4n) is 2.09. The number of H-pyrrole nitrogens is 1. The standard InChI is InChI=1S/C14H8F3N3S/c15-14(16,17)12-6-11(19-13(21)20-12)10-3-1-2-8-7-18-5-4-9(8)10/h1-7H,(H,19,20,21). The van der Waals surface area contributed by atoms with Crippen LogP contribution in [0, 0.1) is 4.77 Å². The minimum Gasteiger partial charge on any atom is -0.327 e. The van der Waals surface area contributed by atoms with E-state index in [1.165, 1.54) is 0 Å². The van der Waals surface area contributed by atoms with Crippen molar-refractivity contribution in [3.63, 3.8) is 0 Å². The van der Waals surface area contributed by atoms with Gasteiger partial charge in [-0.3, -0.25) is 4.98 Å². The Balaban J connectivity index is 2.29. The summed E-state index contributed by atoms with van der Waals surface area (Å²) in [5.41, 5.74) is -0.146. The molecule has 0 unspecified atom stereocenters. The third kappa shape index (κ3) is 2.64. The van der Waals surface area contributed by atoms with Crippen molar-refractivity contribution in [2.45, 2.75) is 6.18 Å². The third-order valence-corrected chi connectivity index (χ3v) is 3.20. The first-order valence-electron chi connectivity index (χ1n) is 5.97. The van der Waals surface area contributed by atoms with Gasteiger partial charge in [-0.15, -0.1) is 0 Å². The van der Waals surface area contributed by atoms with E-state index < -0.39 is 11.9 Å². The summed E-state index contributed by atoms with van der Waals surface area (Å²) in [4.78, 5) is 10.1. The van der Waals surface area contributed by atoms with Gasteiger partial charge in [0.05, 0.1) is 5.69 Å². The molecule has 0 spiro atoms. The van der Waals surface area contributed by atoms with Crippen LogP contribution in [0.3, 0.4) is 0 Å². The Kier molecular flexibility index (Phi) is 3.21. The topological polar surface area (TPSA) is 41.6 Å². The van der Waals surface area contributed by atoms with E-state index in [2.05, 4.69) is 15.0 Å². The molecule has 2 aromatic heterocycles. The van der Waals surface area contributed by atoms with E-state index in [0.29, 0.717) is 5.56 Å². The van der Waals surface area contributed by atoms with Crippen molar-refractivity contribution >= 4 is 23.0 Å². The molecule has 0 atom stereocenters. The van der Waals surface area contributed by atoms with Gasteiger partial charge < -0.3 is 4.98 Å². The molecule has 0 amide bonds. The maximum Gasteiger partial charge on any atom is 0.431 e. The lowest BCUT2D eigenvalue weighted by molar-refractivity contribution is -0.141. The Bertz CT molecular complexity index is 866. The fourth-order valence-corrected chi connectivity index (χ4v) is 2.30. The van der Waals surface area contributed by atoms with Crippen molar-refractivity contribution in [1.29, 1.82) is 0 Å². The van der Waals surface area contributed by atoms with Crippen LogP contribution in [0.1, 0.15) is 5.69 Å². The van der Waals surface area contributed by atoms with E-state index in [-0.39, 0.29) is 10.5 Å². The Morgan fingerprint density at radius 1 is 1.14 bits per heavy atom. The number of aromatic amines is 1. The van der Waals surface area contributed by atoms with Crippen LogP contribution in [0.25, 0.3) is 22.0 Å². The van der Waals surface area contributed by atoms with Crippen LogP contribution in [-0.2, 0) is 6.18 Å². The molecule has 0 fully saturated rings. The van der Waals surface area contributed by atoms with E-state index in [1.54, 1.807) is 30.6 Å². The number of benzene rings is 1. The second-order valence-electron chi connectivity index (χ2n) is 4.39. The summed E-state index contributed by atoms with van der Waals surface area (Å²) < 4.78 is 38.4. The van der Waals surface area contributed by atoms with Gasteiger partial charge >= 0.3 is 6.18 Å². The van der Waals surface area contributed by atoms with Crippen LogP contribution in [0.2, 0.25) is 0 Å². The van der Waals surface area contributed by atoms with Gasteiger partial charge in [0.15, 0.2) is 4.77 Å². The minimum absolute atomic E-state index is 0.183. The fraction of sp³-hybridized carbons (Fsp3) is 0.0714. The van der Waals surface area contributed by atoms with Gasteiger partial charge in [-0.1, -0.05) is 18.2 Å². The minimum atomic E-state index is -4.50. The molecule has 0 radical (unpaired) electrons. The molecular formula is C14H8F3N3S. The van der Waals surface area contributed by atoms with E-state index in [9.17, 15) is 13.2 Å². The Hall–Kier alpha value is -2.28. The molecule has 3 nitrogen and oxygen atoms in total. The average molecular weight is 307 g/mol. The molecule has 21 heavy (non-hydrogen) atoms. The number of alkyl halides is 3. The highest BCUT2D eigenvalue weighted by molar-refractivity contribution is 7.71. The lowest BCUT2D eigenvalue weighted by atomic mass is 10.0. The van der Waals surface area contributed by atoms with Crippen LogP contribution in [0.5, 0.6) is 0 Å². The first kappa shape index (κ1) is 13.7. The molecule has 3 rings (SSSR count). The van der Waals surface area contributed by atoms with E-state index >= 15 is 0 Å². The highest BCUT2D eigenvalue weighted by Gasteiger charge is 2.32. The molecule has 0 aliphatic heterocycles. The number of hydrogen-bond acceptors (Lipinski definition) is 3. The Labute approximate surface area is 122 Å². The molecule has 7 heteroatoms. The van der Waals surface area contributed by atoms with Crippen molar-refractivity contribution in [1.82, 2.24) is 15.0 Å². The summed E-state index contributed by atoms with van der Waals surface area (Å²) in [6, 6.07) is 7.98. The zero-order valence-electron chi connectivity index (χ0n) is 10.5. The van der Waals surface area contributed by atoms with Crippen LogP contribution in [0.15, 0.2) is 42.7 Å². The quantitative estimate of drug-likeness (QED) is 0.679. The number of fused-ring (bicyclic) bond motifs is 1. The second-order valence-corrected chi connectivity index (χ2v) is 4.77. The lowest BCUT2D eigenvalue weighted by Gasteiger charge is -2.10. The predicted octanol–water partition coefficient (Wildman–Crippen LogP) is 4.37. The van der Waals surface area contributed by atoms with Crippen LogP contribution in [0.4, 0.5) is 13.2 Å². The molecule has 1 N–H and O–H groups in total. The zero-order valence-corrected chi connectivity index (χ0v) is 11.3. The molecule has 0 saturated carbocycles. The number of hydrogen-bond donors (Lipinski definition) is 1. The van der Waals surface area contributed by atoms with Gasteiger partial charge in [0.1, 0.15) is 5.69 Å². The van der Waals surface area contributed by atoms with Gasteiger partial charge in [0.2, 0.25) is 0 Å². The molecule has 0 saturated heterocycles. The largest absolute Gasteiger partial charge is 0.431 e. The van der Waals surface area contributed by atoms with Crippen LogP contribution < -0.4 is 0 Å². The number of aromatic nitrogens is 3. The summed E-state index contributed by atoms with van der Waals surface area (Å²) >= 11 is 4.80.